The largest absolute Gasteiger partial charge is 0.396 e. The number of nitrogen functional groups attached to an aromatic ring is 1. The minimum Gasteiger partial charge on any atom is -0.396 e. The second-order valence-corrected chi connectivity index (χ2v) is 5.71. The van der Waals surface area contributed by atoms with Crippen molar-refractivity contribution in [2.75, 3.05) is 12.3 Å². The van der Waals surface area contributed by atoms with Gasteiger partial charge in [0.25, 0.3) is 5.56 Å². The molecule has 0 saturated heterocycles. The number of nitrogens with two attached hydrogens (primary N) is 1. The molecule has 1 aliphatic carbocycles. The lowest BCUT2D eigenvalue weighted by atomic mass is 9.96. The van der Waals surface area contributed by atoms with Crippen LogP contribution in [0.15, 0.2) is 23.3 Å². The summed E-state index contributed by atoms with van der Waals surface area (Å²) in [6.07, 6.45) is 0.134. The molecule has 1 aliphatic rings. The third-order valence-corrected chi connectivity index (χ3v) is 4.29. The van der Waals surface area contributed by atoms with Gasteiger partial charge in [-0.05, 0) is 12.5 Å². The summed E-state index contributed by atoms with van der Waals surface area (Å²) >= 11 is 0. The SMILES string of the molecule is C=C1C(CO)C(O)C(C)(O)C1n1cnc2c(=O)[nH]c(N)nc21. The van der Waals surface area contributed by atoms with Gasteiger partial charge in [-0.1, -0.05) is 6.58 Å². The van der Waals surface area contributed by atoms with E-state index in [0.717, 1.165) is 0 Å². The molecule has 22 heavy (non-hydrogen) atoms. The van der Waals surface area contributed by atoms with Crippen molar-refractivity contribution in [1.29, 1.82) is 0 Å². The standard InChI is InChI=1S/C13H17N5O4/c1-5-6(3-19)9(20)13(2,22)8(5)18-4-15-7-10(18)16-12(14)17-11(7)21/h4,6,8-9,19-20,22H,1,3H2,2H3,(H3,14,16,17,21). The average molecular weight is 307 g/mol. The number of aliphatic hydroxyl groups is 3. The molecule has 1 saturated carbocycles. The van der Waals surface area contributed by atoms with Crippen LogP contribution >= 0.6 is 0 Å². The number of aromatic nitrogens is 4. The highest BCUT2D eigenvalue weighted by atomic mass is 16.3. The van der Waals surface area contributed by atoms with Crippen LogP contribution in [0.1, 0.15) is 13.0 Å². The van der Waals surface area contributed by atoms with Crippen LogP contribution in [0.3, 0.4) is 0 Å². The van der Waals surface area contributed by atoms with E-state index in [-0.39, 0.29) is 23.7 Å². The van der Waals surface area contributed by atoms with Gasteiger partial charge in [0.15, 0.2) is 11.2 Å². The summed E-state index contributed by atoms with van der Waals surface area (Å²) in [7, 11) is 0. The first-order valence-electron chi connectivity index (χ1n) is 6.71. The van der Waals surface area contributed by atoms with Gasteiger partial charge in [-0.25, -0.2) is 4.98 Å². The van der Waals surface area contributed by atoms with Gasteiger partial charge in [0.05, 0.1) is 25.1 Å². The van der Waals surface area contributed by atoms with Crippen molar-refractivity contribution in [3.05, 3.63) is 28.8 Å². The Bertz CT molecular complexity index is 808. The highest BCUT2D eigenvalue weighted by Crippen LogP contribution is 2.46. The van der Waals surface area contributed by atoms with Gasteiger partial charge in [0.2, 0.25) is 5.95 Å². The molecule has 0 amide bonds. The molecule has 0 spiro atoms. The lowest BCUT2D eigenvalue weighted by Crippen LogP contribution is -2.42. The minimum absolute atomic E-state index is 0.0692. The van der Waals surface area contributed by atoms with Crippen molar-refractivity contribution in [2.24, 2.45) is 5.92 Å². The number of rotatable bonds is 2. The highest BCUT2D eigenvalue weighted by molar-refractivity contribution is 5.71. The summed E-state index contributed by atoms with van der Waals surface area (Å²) in [5, 5.41) is 30.3. The van der Waals surface area contributed by atoms with Crippen molar-refractivity contribution < 1.29 is 15.3 Å². The first kappa shape index (κ1) is 14.7. The van der Waals surface area contributed by atoms with Crippen LogP contribution in [-0.2, 0) is 0 Å². The maximum Gasteiger partial charge on any atom is 0.280 e. The van der Waals surface area contributed by atoms with E-state index in [9.17, 15) is 20.1 Å². The lowest BCUT2D eigenvalue weighted by Gasteiger charge is -2.29. The van der Waals surface area contributed by atoms with Crippen LogP contribution in [0.5, 0.6) is 0 Å². The topological polar surface area (TPSA) is 150 Å². The van der Waals surface area contributed by atoms with E-state index >= 15 is 0 Å². The molecule has 0 aliphatic heterocycles. The Morgan fingerprint density at radius 2 is 2.27 bits per heavy atom. The number of fused-ring (bicyclic) bond motifs is 1. The highest BCUT2D eigenvalue weighted by Gasteiger charge is 2.54. The second kappa shape index (κ2) is 4.63. The van der Waals surface area contributed by atoms with Crippen molar-refractivity contribution >= 4 is 17.1 Å². The average Bonchev–Trinajstić information content (AvgIpc) is 2.89. The monoisotopic (exact) mass is 307 g/mol. The molecule has 0 radical (unpaired) electrons. The van der Waals surface area contributed by atoms with Crippen molar-refractivity contribution in [3.8, 4) is 0 Å². The zero-order valence-corrected chi connectivity index (χ0v) is 11.9. The Kier molecular flexibility index (Phi) is 3.09. The molecule has 4 atom stereocenters. The predicted octanol–water partition coefficient (Wildman–Crippen LogP) is -1.47. The van der Waals surface area contributed by atoms with Crippen LogP contribution in [0.25, 0.3) is 11.2 Å². The fourth-order valence-electron chi connectivity index (χ4n) is 3.16. The number of hydrogen-bond donors (Lipinski definition) is 5. The van der Waals surface area contributed by atoms with E-state index in [4.69, 9.17) is 5.73 Å². The first-order chi connectivity index (χ1) is 10.3. The van der Waals surface area contributed by atoms with Crippen molar-refractivity contribution in [2.45, 2.75) is 24.7 Å². The van der Waals surface area contributed by atoms with Crippen LogP contribution in [0, 0.1) is 5.92 Å². The molecule has 6 N–H and O–H groups in total. The fraction of sp³-hybridized carbons (Fsp3) is 0.462. The van der Waals surface area contributed by atoms with E-state index in [1.807, 2.05) is 0 Å². The molecule has 0 bridgehead atoms. The molecular weight excluding hydrogens is 290 g/mol. The fourth-order valence-corrected chi connectivity index (χ4v) is 3.16. The normalized spacial score (nSPS) is 32.0. The zero-order valence-electron chi connectivity index (χ0n) is 11.9. The van der Waals surface area contributed by atoms with Crippen LogP contribution in [-0.4, -0.2) is 53.2 Å². The van der Waals surface area contributed by atoms with Gasteiger partial charge in [0.1, 0.15) is 5.60 Å². The molecule has 0 aromatic carbocycles. The predicted molar refractivity (Wildman–Crippen MR) is 77.9 cm³/mol. The summed E-state index contributed by atoms with van der Waals surface area (Å²) in [6.45, 7) is 4.95. The van der Waals surface area contributed by atoms with Gasteiger partial charge >= 0.3 is 0 Å². The number of aliphatic hydroxyl groups excluding tert-OH is 2. The molecule has 2 heterocycles. The maximum absolute atomic E-state index is 11.8. The van der Waals surface area contributed by atoms with E-state index in [1.54, 1.807) is 0 Å². The zero-order chi connectivity index (χ0) is 16.2. The minimum atomic E-state index is -1.60. The second-order valence-electron chi connectivity index (χ2n) is 5.71. The Balaban J connectivity index is 2.23. The van der Waals surface area contributed by atoms with E-state index in [2.05, 4.69) is 21.5 Å². The lowest BCUT2D eigenvalue weighted by molar-refractivity contribution is -0.0776. The molecular formula is C13H17N5O4. The van der Waals surface area contributed by atoms with Gasteiger partial charge in [-0.15, -0.1) is 0 Å². The smallest absolute Gasteiger partial charge is 0.280 e. The van der Waals surface area contributed by atoms with Gasteiger partial charge < -0.3 is 25.6 Å². The molecule has 1 fully saturated rings. The Labute approximate surface area is 124 Å². The van der Waals surface area contributed by atoms with Crippen molar-refractivity contribution in [1.82, 2.24) is 19.5 Å². The number of aromatic amines is 1. The molecule has 118 valence electrons. The number of H-pyrrole nitrogens is 1. The number of nitrogens with zero attached hydrogens (tertiary/aromatic N) is 3. The van der Waals surface area contributed by atoms with E-state index < -0.39 is 29.2 Å². The maximum atomic E-state index is 11.8. The quantitative estimate of drug-likeness (QED) is 0.425. The van der Waals surface area contributed by atoms with E-state index in [1.165, 1.54) is 17.8 Å². The first-order valence-corrected chi connectivity index (χ1v) is 6.71. The number of nitrogens with one attached hydrogen (secondary N) is 1. The van der Waals surface area contributed by atoms with Gasteiger partial charge in [-0.2, -0.15) is 4.98 Å². The van der Waals surface area contributed by atoms with Crippen LogP contribution < -0.4 is 11.3 Å². The summed E-state index contributed by atoms with van der Waals surface area (Å²) in [6, 6.07) is -0.793. The molecule has 9 nitrogen and oxygen atoms in total. The van der Waals surface area contributed by atoms with Gasteiger partial charge in [-0.3, -0.25) is 9.78 Å². The Morgan fingerprint density at radius 3 is 2.86 bits per heavy atom. The summed E-state index contributed by atoms with van der Waals surface area (Å²) < 4.78 is 1.45. The number of imidazole rings is 1. The third kappa shape index (κ3) is 1.79. The molecule has 3 rings (SSSR count). The molecule has 2 aromatic rings. The summed E-state index contributed by atoms with van der Waals surface area (Å²) in [5.41, 5.74) is 4.13. The van der Waals surface area contributed by atoms with Crippen LogP contribution in [0.4, 0.5) is 5.95 Å². The number of anilines is 1. The summed E-state index contributed by atoms with van der Waals surface area (Å²) in [4.78, 5) is 22.2. The molecule has 2 aromatic heterocycles. The number of hydrogen-bond acceptors (Lipinski definition) is 7. The molecule has 4 unspecified atom stereocenters. The Morgan fingerprint density at radius 1 is 1.59 bits per heavy atom. The third-order valence-electron chi connectivity index (χ3n) is 4.29. The Hall–Kier alpha value is -2.23. The van der Waals surface area contributed by atoms with Crippen molar-refractivity contribution in [3.63, 3.8) is 0 Å². The van der Waals surface area contributed by atoms with Gasteiger partial charge in [0, 0.05) is 5.92 Å². The van der Waals surface area contributed by atoms with E-state index in [0.29, 0.717) is 5.57 Å². The molecule has 9 heteroatoms. The van der Waals surface area contributed by atoms with Crippen LogP contribution in [0.2, 0.25) is 0 Å². The summed E-state index contributed by atoms with van der Waals surface area (Å²) in [5.74, 6) is -0.765.